The first-order valence-electron chi connectivity index (χ1n) is 6.67. The third-order valence-corrected chi connectivity index (χ3v) is 3.40. The van der Waals surface area contributed by atoms with Crippen LogP contribution in [0.4, 0.5) is 10.5 Å². The van der Waals surface area contributed by atoms with Crippen LogP contribution >= 0.6 is 15.9 Å². The largest absolute Gasteiger partial charge is 0.444 e. The predicted octanol–water partition coefficient (Wildman–Crippen LogP) is 2.01. The molecule has 0 unspecified atom stereocenters. The number of hydrogen-bond acceptors (Lipinski definition) is 5. The number of nitrogens with one attached hydrogen (secondary N) is 1. The summed E-state index contributed by atoms with van der Waals surface area (Å²) in [6.45, 7) is 7.32. The lowest BCUT2D eigenvalue weighted by molar-refractivity contribution is 0.0600. The maximum atomic E-state index is 11.2. The van der Waals surface area contributed by atoms with Crippen LogP contribution in [0.1, 0.15) is 33.6 Å². The molecule has 118 valence electrons. The van der Waals surface area contributed by atoms with Crippen molar-refractivity contribution in [3.05, 3.63) is 21.0 Å². The Bertz CT molecular complexity index is 533. The van der Waals surface area contributed by atoms with Crippen LogP contribution in [-0.4, -0.2) is 35.0 Å². The monoisotopic (exact) mass is 360 g/mol. The van der Waals surface area contributed by atoms with Gasteiger partial charge in [0, 0.05) is 13.1 Å². The highest BCUT2D eigenvalue weighted by Gasteiger charge is 2.16. The van der Waals surface area contributed by atoms with Gasteiger partial charge in [-0.05, 0) is 49.5 Å². The molecule has 0 radical (unpaired) electrons. The van der Waals surface area contributed by atoms with Gasteiger partial charge in [-0.25, -0.2) is 9.89 Å². The summed E-state index contributed by atoms with van der Waals surface area (Å²) in [5.74, 6) is 0. The van der Waals surface area contributed by atoms with Crippen molar-refractivity contribution in [2.75, 3.05) is 18.0 Å². The van der Waals surface area contributed by atoms with E-state index in [-0.39, 0.29) is 5.56 Å². The summed E-state index contributed by atoms with van der Waals surface area (Å²) >= 11 is 3.26. The van der Waals surface area contributed by atoms with Gasteiger partial charge in [0.25, 0.3) is 5.56 Å². The summed E-state index contributed by atoms with van der Waals surface area (Å²) in [6, 6.07) is 0. The Morgan fingerprint density at radius 1 is 1.43 bits per heavy atom. The van der Waals surface area contributed by atoms with Gasteiger partial charge < -0.3 is 15.4 Å². The second kappa shape index (κ2) is 7.44. The number of hydrogen-bond donors (Lipinski definition) is 2. The van der Waals surface area contributed by atoms with E-state index in [0.29, 0.717) is 4.47 Å². The number of aromatic amines is 1. The van der Waals surface area contributed by atoms with Crippen LogP contribution in [0.15, 0.2) is 15.5 Å². The van der Waals surface area contributed by atoms with E-state index in [2.05, 4.69) is 35.8 Å². The molecule has 8 heteroatoms. The first-order chi connectivity index (χ1) is 9.70. The molecule has 0 aromatic carbocycles. The molecule has 0 saturated carbocycles. The molecule has 7 nitrogen and oxygen atoms in total. The Balaban J connectivity index is 0.000000240. The Hall–Kier alpha value is -1.57. The second-order valence-corrected chi connectivity index (χ2v) is 6.42. The lowest BCUT2D eigenvalue weighted by Crippen LogP contribution is -2.27. The van der Waals surface area contributed by atoms with Crippen LogP contribution in [0.2, 0.25) is 0 Å². The van der Waals surface area contributed by atoms with E-state index in [1.165, 1.54) is 12.8 Å². The van der Waals surface area contributed by atoms with E-state index in [9.17, 15) is 9.59 Å². The number of ether oxygens (including phenoxy) is 1. The molecular formula is C13H21BrN4O3. The van der Waals surface area contributed by atoms with E-state index in [1.807, 2.05) is 0 Å². The van der Waals surface area contributed by atoms with Crippen LogP contribution in [0.5, 0.6) is 0 Å². The molecule has 2 heterocycles. The minimum absolute atomic E-state index is 0.163. The zero-order valence-electron chi connectivity index (χ0n) is 12.5. The van der Waals surface area contributed by atoms with Gasteiger partial charge in [-0.2, -0.15) is 5.10 Å². The zero-order chi connectivity index (χ0) is 16.0. The maximum Gasteiger partial charge on any atom is 0.405 e. The fourth-order valence-electron chi connectivity index (χ4n) is 1.85. The SMILES string of the molecule is CC(C)(C)OC(N)=O.O=c1[nH]ncc(N2CCCC2)c1Br. The number of amides is 1. The summed E-state index contributed by atoms with van der Waals surface area (Å²) < 4.78 is 5.16. The van der Waals surface area contributed by atoms with E-state index in [0.717, 1.165) is 18.8 Å². The van der Waals surface area contributed by atoms with Crippen molar-refractivity contribution in [3.63, 3.8) is 0 Å². The molecule has 1 aliphatic rings. The minimum Gasteiger partial charge on any atom is -0.444 e. The highest BCUT2D eigenvalue weighted by molar-refractivity contribution is 9.10. The van der Waals surface area contributed by atoms with Crippen molar-refractivity contribution < 1.29 is 9.53 Å². The van der Waals surface area contributed by atoms with Crippen LogP contribution in [0, 0.1) is 0 Å². The van der Waals surface area contributed by atoms with Crippen molar-refractivity contribution in [1.29, 1.82) is 0 Å². The standard InChI is InChI=1S/C8H10BrN3O.C5H11NO2/c9-7-6(5-10-11-8(7)13)12-3-1-2-4-12;1-5(2,3)8-4(6)7/h5H,1-4H2,(H,11,13);1-3H3,(H2,6,7). The first-order valence-corrected chi connectivity index (χ1v) is 7.46. The average molecular weight is 361 g/mol. The lowest BCUT2D eigenvalue weighted by Gasteiger charge is -2.17. The van der Waals surface area contributed by atoms with Crippen LogP contribution in [0.25, 0.3) is 0 Å². The Morgan fingerprint density at radius 2 is 2.00 bits per heavy atom. The number of carbonyl (C=O) groups is 1. The minimum atomic E-state index is -0.725. The molecule has 1 amide bonds. The van der Waals surface area contributed by atoms with Gasteiger partial charge in [0.15, 0.2) is 0 Å². The molecule has 1 fully saturated rings. The number of nitrogens with zero attached hydrogens (tertiary/aromatic N) is 2. The molecule has 0 aliphatic carbocycles. The van der Waals surface area contributed by atoms with Gasteiger partial charge >= 0.3 is 6.09 Å². The van der Waals surface area contributed by atoms with Crippen LogP contribution in [0.3, 0.4) is 0 Å². The second-order valence-electron chi connectivity index (χ2n) is 5.63. The van der Waals surface area contributed by atoms with Crippen molar-refractivity contribution in [3.8, 4) is 0 Å². The lowest BCUT2D eigenvalue weighted by atomic mass is 10.2. The van der Waals surface area contributed by atoms with Crippen molar-refractivity contribution in [2.45, 2.75) is 39.2 Å². The number of halogens is 1. The molecular weight excluding hydrogens is 340 g/mol. The summed E-state index contributed by atoms with van der Waals surface area (Å²) in [4.78, 5) is 23.4. The summed E-state index contributed by atoms with van der Waals surface area (Å²) in [7, 11) is 0. The molecule has 0 spiro atoms. The van der Waals surface area contributed by atoms with Gasteiger partial charge in [0.05, 0.1) is 11.9 Å². The quantitative estimate of drug-likeness (QED) is 0.797. The van der Waals surface area contributed by atoms with Crippen molar-refractivity contribution >= 4 is 27.7 Å². The number of nitrogens with two attached hydrogens (primary N) is 1. The number of anilines is 1. The normalized spacial score (nSPS) is 14.4. The first kappa shape index (κ1) is 17.5. The average Bonchev–Trinajstić information content (AvgIpc) is 2.83. The van der Waals surface area contributed by atoms with E-state index in [1.54, 1.807) is 27.0 Å². The summed E-state index contributed by atoms with van der Waals surface area (Å²) in [5, 5.41) is 6.16. The Kier molecular flexibility index (Phi) is 6.19. The topological polar surface area (TPSA) is 101 Å². The molecule has 2 rings (SSSR count). The van der Waals surface area contributed by atoms with Gasteiger partial charge in [-0.15, -0.1) is 0 Å². The number of rotatable bonds is 1. The van der Waals surface area contributed by atoms with Crippen molar-refractivity contribution in [1.82, 2.24) is 10.2 Å². The third-order valence-electron chi connectivity index (χ3n) is 2.63. The number of aromatic nitrogens is 2. The van der Waals surface area contributed by atoms with Gasteiger partial charge in [0.1, 0.15) is 10.1 Å². The fourth-order valence-corrected chi connectivity index (χ4v) is 2.30. The van der Waals surface area contributed by atoms with Crippen LogP contribution in [-0.2, 0) is 4.74 Å². The van der Waals surface area contributed by atoms with Gasteiger partial charge in [-0.3, -0.25) is 4.79 Å². The van der Waals surface area contributed by atoms with Gasteiger partial charge in [-0.1, -0.05) is 0 Å². The molecule has 3 N–H and O–H groups in total. The highest BCUT2D eigenvalue weighted by Crippen LogP contribution is 2.24. The Labute approximate surface area is 132 Å². The molecule has 0 bridgehead atoms. The summed E-state index contributed by atoms with van der Waals surface area (Å²) in [6.07, 6.45) is 3.35. The number of H-pyrrole nitrogens is 1. The van der Waals surface area contributed by atoms with Crippen LogP contribution < -0.4 is 16.2 Å². The number of primary amides is 1. The van der Waals surface area contributed by atoms with E-state index in [4.69, 9.17) is 5.73 Å². The molecule has 1 aromatic rings. The van der Waals surface area contributed by atoms with E-state index >= 15 is 0 Å². The predicted molar refractivity (Wildman–Crippen MR) is 84.4 cm³/mol. The maximum absolute atomic E-state index is 11.2. The molecule has 0 atom stereocenters. The highest BCUT2D eigenvalue weighted by atomic mass is 79.9. The smallest absolute Gasteiger partial charge is 0.405 e. The summed E-state index contributed by atoms with van der Waals surface area (Å²) in [5.41, 5.74) is 5.01. The molecule has 21 heavy (non-hydrogen) atoms. The molecule has 1 aliphatic heterocycles. The Morgan fingerprint density at radius 3 is 2.43 bits per heavy atom. The fraction of sp³-hybridized carbons (Fsp3) is 0.615. The van der Waals surface area contributed by atoms with E-state index < -0.39 is 11.7 Å². The number of carbonyl (C=O) groups excluding carboxylic acids is 1. The zero-order valence-corrected chi connectivity index (χ0v) is 14.1. The van der Waals surface area contributed by atoms with Crippen molar-refractivity contribution in [2.24, 2.45) is 5.73 Å². The third kappa shape index (κ3) is 6.16. The molecule has 1 aromatic heterocycles. The molecule has 1 saturated heterocycles. The van der Waals surface area contributed by atoms with Gasteiger partial charge in [0.2, 0.25) is 0 Å².